The van der Waals surface area contributed by atoms with Crippen LogP contribution in [0, 0.1) is 0 Å². The van der Waals surface area contributed by atoms with Crippen LogP contribution in [0.4, 0.5) is 0 Å². The van der Waals surface area contributed by atoms with E-state index in [0.717, 1.165) is 18.9 Å². The number of nitrogens with one attached hydrogen (secondary N) is 1. The van der Waals surface area contributed by atoms with Crippen molar-refractivity contribution in [3.8, 4) is 0 Å². The Labute approximate surface area is 121 Å². The van der Waals surface area contributed by atoms with Gasteiger partial charge in [-0.05, 0) is 37.0 Å². The summed E-state index contributed by atoms with van der Waals surface area (Å²) < 4.78 is 5.64. The molecule has 1 aliphatic heterocycles. The van der Waals surface area contributed by atoms with Crippen molar-refractivity contribution in [2.75, 3.05) is 12.4 Å². The second kappa shape index (κ2) is 7.93. The highest BCUT2D eigenvalue weighted by atomic mass is 32.2. The Kier molecular flexibility index (Phi) is 6.21. The number of thioether (sulfide) groups is 1. The average Bonchev–Trinajstić information content (AvgIpc) is 2.91. The maximum Gasteiger partial charge on any atom is 0.0584 e. The lowest BCUT2D eigenvalue weighted by atomic mass is 10.2. The number of ether oxygens (including phenoxy) is 1. The van der Waals surface area contributed by atoms with Crippen molar-refractivity contribution in [3.05, 3.63) is 29.8 Å². The van der Waals surface area contributed by atoms with Gasteiger partial charge in [0.1, 0.15) is 0 Å². The molecule has 0 spiro atoms. The lowest BCUT2D eigenvalue weighted by molar-refractivity contribution is 0.109. The summed E-state index contributed by atoms with van der Waals surface area (Å²) in [4.78, 5) is 1.37. The first-order valence-electron chi connectivity index (χ1n) is 7.31. The molecule has 19 heavy (non-hydrogen) atoms. The van der Waals surface area contributed by atoms with Crippen LogP contribution in [0.3, 0.4) is 0 Å². The number of benzene rings is 1. The summed E-state index contributed by atoms with van der Waals surface area (Å²) in [5.74, 6) is 1.16. The number of hydrogen-bond donors (Lipinski definition) is 1. The standard InChI is InChI=1S/C16H25NOS/c1-13(2)17-12-14-5-7-16(8-6-14)19-11-9-15-4-3-10-18-15/h5-8,13,15,17H,3-4,9-12H2,1-2H3. The second-order valence-corrected chi connectivity index (χ2v) is 6.62. The van der Waals surface area contributed by atoms with Gasteiger partial charge in [0.15, 0.2) is 0 Å². The molecule has 106 valence electrons. The smallest absolute Gasteiger partial charge is 0.0584 e. The molecule has 1 fully saturated rings. The van der Waals surface area contributed by atoms with Crippen molar-refractivity contribution in [2.45, 2.75) is 56.7 Å². The maximum absolute atomic E-state index is 5.64. The number of hydrogen-bond acceptors (Lipinski definition) is 3. The molecule has 2 nitrogen and oxygen atoms in total. The van der Waals surface area contributed by atoms with Gasteiger partial charge < -0.3 is 10.1 Å². The van der Waals surface area contributed by atoms with Crippen LogP contribution in [0.15, 0.2) is 29.2 Å². The van der Waals surface area contributed by atoms with Crippen molar-refractivity contribution in [2.24, 2.45) is 0 Å². The summed E-state index contributed by atoms with van der Waals surface area (Å²) in [7, 11) is 0. The molecule has 0 radical (unpaired) electrons. The second-order valence-electron chi connectivity index (χ2n) is 5.45. The minimum Gasteiger partial charge on any atom is -0.378 e. The fourth-order valence-electron chi connectivity index (χ4n) is 2.21. The van der Waals surface area contributed by atoms with Crippen LogP contribution in [0.5, 0.6) is 0 Å². The van der Waals surface area contributed by atoms with Crippen LogP contribution < -0.4 is 5.32 Å². The van der Waals surface area contributed by atoms with Gasteiger partial charge in [-0.2, -0.15) is 0 Å². The summed E-state index contributed by atoms with van der Waals surface area (Å²) in [5.41, 5.74) is 1.36. The monoisotopic (exact) mass is 279 g/mol. The molecule has 0 saturated carbocycles. The molecule has 1 heterocycles. The molecule has 1 saturated heterocycles. The zero-order valence-corrected chi connectivity index (χ0v) is 12.8. The molecule has 1 unspecified atom stereocenters. The molecular weight excluding hydrogens is 254 g/mol. The normalized spacial score (nSPS) is 19.2. The van der Waals surface area contributed by atoms with Gasteiger partial charge >= 0.3 is 0 Å². The summed E-state index contributed by atoms with van der Waals surface area (Å²) in [5, 5.41) is 3.44. The van der Waals surface area contributed by atoms with Gasteiger partial charge in [-0.3, -0.25) is 0 Å². The van der Waals surface area contributed by atoms with Gasteiger partial charge in [-0.25, -0.2) is 0 Å². The quantitative estimate of drug-likeness (QED) is 0.766. The van der Waals surface area contributed by atoms with E-state index in [1.807, 2.05) is 11.8 Å². The summed E-state index contributed by atoms with van der Waals surface area (Å²) in [6.07, 6.45) is 4.19. The largest absolute Gasteiger partial charge is 0.378 e. The summed E-state index contributed by atoms with van der Waals surface area (Å²) >= 11 is 1.94. The zero-order valence-electron chi connectivity index (χ0n) is 12.0. The minimum absolute atomic E-state index is 0.516. The van der Waals surface area contributed by atoms with Crippen molar-refractivity contribution in [1.82, 2.24) is 5.32 Å². The topological polar surface area (TPSA) is 21.3 Å². The molecule has 1 atom stereocenters. The van der Waals surface area contributed by atoms with Crippen LogP contribution >= 0.6 is 11.8 Å². The Morgan fingerprint density at radius 3 is 2.74 bits per heavy atom. The molecule has 0 amide bonds. The molecule has 0 bridgehead atoms. The van der Waals surface area contributed by atoms with E-state index in [0.29, 0.717) is 12.1 Å². The highest BCUT2D eigenvalue weighted by Crippen LogP contribution is 2.23. The molecule has 1 aliphatic rings. The Hall–Kier alpha value is -0.510. The Morgan fingerprint density at radius 2 is 2.11 bits per heavy atom. The van der Waals surface area contributed by atoms with E-state index >= 15 is 0 Å². The van der Waals surface area contributed by atoms with Crippen molar-refractivity contribution >= 4 is 11.8 Å². The Morgan fingerprint density at radius 1 is 1.32 bits per heavy atom. The predicted octanol–water partition coefficient (Wildman–Crippen LogP) is 3.85. The van der Waals surface area contributed by atoms with Crippen LogP contribution in [-0.4, -0.2) is 24.5 Å². The van der Waals surface area contributed by atoms with Crippen LogP contribution in [0.1, 0.15) is 38.7 Å². The first kappa shape index (κ1) is 14.9. The molecule has 2 rings (SSSR count). The fraction of sp³-hybridized carbons (Fsp3) is 0.625. The molecule has 1 aromatic rings. The third-order valence-corrected chi connectivity index (χ3v) is 4.42. The van der Waals surface area contributed by atoms with Crippen molar-refractivity contribution in [1.29, 1.82) is 0 Å². The molecule has 0 aliphatic carbocycles. The van der Waals surface area contributed by atoms with E-state index in [1.54, 1.807) is 0 Å². The molecule has 1 N–H and O–H groups in total. The summed E-state index contributed by atoms with van der Waals surface area (Å²) in [6, 6.07) is 9.46. The lowest BCUT2D eigenvalue weighted by Gasteiger charge is -2.10. The van der Waals surface area contributed by atoms with Gasteiger partial charge in [0.25, 0.3) is 0 Å². The SMILES string of the molecule is CC(C)NCc1ccc(SCCC2CCCO2)cc1. The third kappa shape index (κ3) is 5.55. The van der Waals surface area contributed by atoms with Gasteiger partial charge in [-0.1, -0.05) is 26.0 Å². The predicted molar refractivity (Wildman–Crippen MR) is 82.7 cm³/mol. The Bertz CT molecular complexity index is 358. The number of rotatable bonds is 7. The van der Waals surface area contributed by atoms with Crippen molar-refractivity contribution < 1.29 is 4.74 Å². The molecule has 3 heteroatoms. The first-order chi connectivity index (χ1) is 9.24. The summed E-state index contributed by atoms with van der Waals surface area (Å²) in [6.45, 7) is 6.27. The van der Waals surface area contributed by atoms with E-state index in [2.05, 4.69) is 43.4 Å². The highest BCUT2D eigenvalue weighted by Gasteiger charge is 2.14. The molecule has 0 aromatic heterocycles. The molecule has 1 aromatic carbocycles. The van der Waals surface area contributed by atoms with Gasteiger partial charge in [-0.15, -0.1) is 11.8 Å². The van der Waals surface area contributed by atoms with E-state index in [1.165, 1.54) is 29.7 Å². The Balaban J connectivity index is 1.69. The first-order valence-corrected chi connectivity index (χ1v) is 8.29. The minimum atomic E-state index is 0.516. The average molecular weight is 279 g/mol. The van der Waals surface area contributed by atoms with Gasteiger partial charge in [0.2, 0.25) is 0 Å². The third-order valence-electron chi connectivity index (χ3n) is 3.37. The van der Waals surface area contributed by atoms with Crippen LogP contribution in [0.25, 0.3) is 0 Å². The fourth-order valence-corrected chi connectivity index (χ4v) is 3.15. The van der Waals surface area contributed by atoms with E-state index in [-0.39, 0.29) is 0 Å². The van der Waals surface area contributed by atoms with Gasteiger partial charge in [0.05, 0.1) is 6.10 Å². The maximum atomic E-state index is 5.64. The van der Waals surface area contributed by atoms with E-state index in [4.69, 9.17) is 4.74 Å². The van der Waals surface area contributed by atoms with E-state index < -0.39 is 0 Å². The zero-order chi connectivity index (χ0) is 13.5. The highest BCUT2D eigenvalue weighted by molar-refractivity contribution is 7.99. The van der Waals surface area contributed by atoms with Crippen LogP contribution in [-0.2, 0) is 11.3 Å². The van der Waals surface area contributed by atoms with Crippen molar-refractivity contribution in [3.63, 3.8) is 0 Å². The molecular formula is C16H25NOS. The van der Waals surface area contributed by atoms with E-state index in [9.17, 15) is 0 Å². The van der Waals surface area contributed by atoms with Crippen LogP contribution in [0.2, 0.25) is 0 Å². The lowest BCUT2D eigenvalue weighted by Crippen LogP contribution is -2.21. The van der Waals surface area contributed by atoms with Gasteiger partial charge in [0, 0.05) is 29.8 Å².